The van der Waals surface area contributed by atoms with Gasteiger partial charge in [0.15, 0.2) is 0 Å². The minimum atomic E-state index is -0.903. The first-order chi connectivity index (χ1) is 13.0. The van der Waals surface area contributed by atoms with Gasteiger partial charge < -0.3 is 15.4 Å². The lowest BCUT2D eigenvalue weighted by molar-refractivity contribution is -0.136. The molecule has 0 bridgehead atoms. The second kappa shape index (κ2) is 7.11. The average Bonchev–Trinajstić information content (AvgIpc) is 2.76. The Morgan fingerprint density at radius 1 is 1.32 bits per heavy atom. The van der Waals surface area contributed by atoms with Crippen molar-refractivity contribution in [2.75, 3.05) is 19.0 Å². The molecule has 3 rings (SSSR count). The highest BCUT2D eigenvalue weighted by atomic mass is 16.5. The van der Waals surface area contributed by atoms with Gasteiger partial charge >= 0.3 is 6.03 Å². The van der Waals surface area contributed by atoms with E-state index in [1.165, 1.54) is 7.11 Å². The van der Waals surface area contributed by atoms with Crippen molar-refractivity contribution < 1.29 is 19.1 Å². The van der Waals surface area contributed by atoms with Crippen LogP contribution in [0, 0.1) is 18.3 Å². The van der Waals surface area contributed by atoms with Crippen LogP contribution >= 0.6 is 0 Å². The lowest BCUT2D eigenvalue weighted by Crippen LogP contribution is -2.54. The van der Waals surface area contributed by atoms with Crippen molar-refractivity contribution in [1.82, 2.24) is 10.2 Å². The molecule has 2 aliphatic rings. The molecule has 1 aliphatic carbocycles. The first kappa shape index (κ1) is 20.2. The number of urea groups is 1. The predicted molar refractivity (Wildman–Crippen MR) is 106 cm³/mol. The van der Waals surface area contributed by atoms with E-state index in [0.717, 1.165) is 16.9 Å². The van der Waals surface area contributed by atoms with Crippen LogP contribution in [0.1, 0.15) is 45.6 Å². The van der Waals surface area contributed by atoms with Gasteiger partial charge in [0, 0.05) is 0 Å². The van der Waals surface area contributed by atoms with Gasteiger partial charge in [0.25, 0.3) is 5.91 Å². The van der Waals surface area contributed by atoms with Gasteiger partial charge in [-0.15, -0.1) is 0 Å². The normalized spacial score (nSPS) is 26.3. The Morgan fingerprint density at radius 2 is 2.04 bits per heavy atom. The van der Waals surface area contributed by atoms with Crippen LogP contribution in [-0.4, -0.2) is 41.9 Å². The zero-order valence-corrected chi connectivity index (χ0v) is 17.2. The number of carbonyl (C=O) groups excluding carboxylic acids is 3. The van der Waals surface area contributed by atoms with Crippen molar-refractivity contribution in [3.8, 4) is 5.75 Å². The fraction of sp³-hybridized carbons (Fsp3) is 0.571. The lowest BCUT2D eigenvalue weighted by atomic mass is 9.64. The molecule has 0 unspecified atom stereocenters. The summed E-state index contributed by atoms with van der Waals surface area (Å²) in [5.74, 6) is 0.102. The fourth-order valence-electron chi connectivity index (χ4n) is 4.90. The van der Waals surface area contributed by atoms with Gasteiger partial charge in [-0.1, -0.05) is 26.8 Å². The third-order valence-corrected chi connectivity index (χ3v) is 5.55. The molecule has 7 heteroatoms. The highest BCUT2D eigenvalue weighted by Gasteiger charge is 2.56. The third-order valence-electron chi connectivity index (χ3n) is 5.55. The second-order valence-corrected chi connectivity index (χ2v) is 9.01. The molecule has 2 atom stereocenters. The number of hydrogen-bond donors (Lipinski definition) is 2. The van der Waals surface area contributed by atoms with E-state index in [2.05, 4.69) is 31.4 Å². The van der Waals surface area contributed by atoms with E-state index in [4.69, 9.17) is 4.74 Å². The Hall–Kier alpha value is -2.57. The SMILES string of the molecule is COc1ccc(C)cc1NC(=O)CN1C(=O)N[C@@]2(C[C@H](C)CC(C)(C)C2)C1=O. The van der Waals surface area contributed by atoms with Gasteiger partial charge in [-0.2, -0.15) is 0 Å². The molecule has 1 aromatic rings. The van der Waals surface area contributed by atoms with Crippen molar-refractivity contribution >= 4 is 23.5 Å². The van der Waals surface area contributed by atoms with Crippen molar-refractivity contribution in [1.29, 1.82) is 0 Å². The Morgan fingerprint density at radius 3 is 2.68 bits per heavy atom. The maximum absolute atomic E-state index is 13.1. The number of methoxy groups -OCH3 is 1. The predicted octanol–water partition coefficient (Wildman–Crippen LogP) is 3.08. The number of aryl methyl sites for hydroxylation is 1. The summed E-state index contributed by atoms with van der Waals surface area (Å²) in [6.07, 6.45) is 2.19. The zero-order chi connectivity index (χ0) is 20.7. The topological polar surface area (TPSA) is 87.7 Å². The summed E-state index contributed by atoms with van der Waals surface area (Å²) < 4.78 is 5.26. The summed E-state index contributed by atoms with van der Waals surface area (Å²) in [7, 11) is 1.52. The van der Waals surface area contributed by atoms with Gasteiger partial charge in [0.05, 0.1) is 12.8 Å². The molecule has 1 aliphatic heterocycles. The largest absolute Gasteiger partial charge is 0.495 e. The lowest BCUT2D eigenvalue weighted by Gasteiger charge is -2.43. The van der Waals surface area contributed by atoms with E-state index in [1.807, 2.05) is 13.0 Å². The minimum absolute atomic E-state index is 0.0478. The number of imide groups is 1. The first-order valence-electron chi connectivity index (χ1n) is 9.64. The van der Waals surface area contributed by atoms with E-state index < -0.39 is 17.5 Å². The van der Waals surface area contributed by atoms with Crippen LogP contribution in [0.25, 0.3) is 0 Å². The Labute approximate surface area is 165 Å². The molecular formula is C21H29N3O4. The highest BCUT2D eigenvalue weighted by molar-refractivity contribution is 6.10. The van der Waals surface area contributed by atoms with Gasteiger partial charge in [-0.05, 0) is 55.2 Å². The summed E-state index contributed by atoms with van der Waals surface area (Å²) in [5, 5.41) is 5.64. The molecule has 2 fully saturated rings. The van der Waals surface area contributed by atoms with Gasteiger partial charge in [0.1, 0.15) is 17.8 Å². The van der Waals surface area contributed by atoms with Crippen molar-refractivity contribution in [3.05, 3.63) is 23.8 Å². The molecule has 1 spiro atoms. The van der Waals surface area contributed by atoms with Crippen LogP contribution in [0.15, 0.2) is 18.2 Å². The molecule has 1 aromatic carbocycles. The molecule has 0 radical (unpaired) electrons. The summed E-state index contributed by atoms with van der Waals surface area (Å²) in [4.78, 5) is 39.3. The summed E-state index contributed by atoms with van der Waals surface area (Å²) in [6.45, 7) is 7.91. The quantitative estimate of drug-likeness (QED) is 0.777. The van der Waals surface area contributed by atoms with Crippen LogP contribution in [0.5, 0.6) is 5.75 Å². The van der Waals surface area contributed by atoms with Crippen LogP contribution in [0.2, 0.25) is 0 Å². The molecule has 152 valence electrons. The van der Waals surface area contributed by atoms with Crippen LogP contribution < -0.4 is 15.4 Å². The minimum Gasteiger partial charge on any atom is -0.495 e. The van der Waals surface area contributed by atoms with Gasteiger partial charge in [-0.25, -0.2) is 4.79 Å². The fourth-order valence-corrected chi connectivity index (χ4v) is 4.90. The van der Waals surface area contributed by atoms with Crippen molar-refractivity contribution in [3.63, 3.8) is 0 Å². The van der Waals surface area contributed by atoms with Crippen molar-refractivity contribution in [2.45, 2.75) is 52.5 Å². The number of benzene rings is 1. The standard InChI is InChI=1S/C21H29N3O4/c1-13-6-7-16(28-5)15(8-13)22-17(25)11-24-18(26)21(23-19(24)27)10-14(2)9-20(3,4)12-21/h6-8,14H,9-12H2,1-5H3,(H,22,25)(H,23,27)/t14-,21-/m1/s1. The smallest absolute Gasteiger partial charge is 0.325 e. The van der Waals surface area contributed by atoms with Gasteiger partial charge in [0.2, 0.25) is 5.91 Å². The van der Waals surface area contributed by atoms with Crippen LogP contribution in [0.3, 0.4) is 0 Å². The number of nitrogens with one attached hydrogen (secondary N) is 2. The van der Waals surface area contributed by atoms with Crippen LogP contribution in [-0.2, 0) is 9.59 Å². The summed E-state index contributed by atoms with van der Waals surface area (Å²) >= 11 is 0. The number of anilines is 1. The summed E-state index contributed by atoms with van der Waals surface area (Å²) in [5.41, 5.74) is 0.526. The van der Waals surface area contributed by atoms with E-state index >= 15 is 0 Å². The molecule has 7 nitrogen and oxygen atoms in total. The monoisotopic (exact) mass is 387 g/mol. The summed E-state index contributed by atoms with van der Waals surface area (Å²) in [6, 6.07) is 4.93. The second-order valence-electron chi connectivity index (χ2n) is 9.01. The molecule has 28 heavy (non-hydrogen) atoms. The number of amides is 4. The molecule has 1 heterocycles. The maximum Gasteiger partial charge on any atom is 0.325 e. The number of rotatable bonds is 4. The molecule has 1 saturated heterocycles. The Balaban J connectivity index is 1.74. The average molecular weight is 387 g/mol. The van der Waals surface area contributed by atoms with Crippen molar-refractivity contribution in [2.24, 2.45) is 11.3 Å². The Kier molecular flexibility index (Phi) is 5.12. The Bertz CT molecular complexity index is 820. The molecule has 0 aromatic heterocycles. The zero-order valence-electron chi connectivity index (χ0n) is 17.2. The number of hydrogen-bond acceptors (Lipinski definition) is 4. The van der Waals surface area contributed by atoms with E-state index in [9.17, 15) is 14.4 Å². The molecular weight excluding hydrogens is 358 g/mol. The third kappa shape index (κ3) is 3.84. The van der Waals surface area contributed by atoms with E-state index in [-0.39, 0.29) is 17.9 Å². The molecule has 1 saturated carbocycles. The molecule has 4 amide bonds. The van der Waals surface area contributed by atoms with Gasteiger partial charge in [-0.3, -0.25) is 14.5 Å². The van der Waals surface area contributed by atoms with Crippen LogP contribution in [0.4, 0.5) is 10.5 Å². The number of carbonyl (C=O) groups is 3. The van der Waals surface area contributed by atoms with E-state index in [0.29, 0.717) is 30.2 Å². The molecule has 2 N–H and O–H groups in total. The van der Waals surface area contributed by atoms with E-state index in [1.54, 1.807) is 12.1 Å². The number of ether oxygens (including phenoxy) is 1. The maximum atomic E-state index is 13.1. The number of nitrogens with zero attached hydrogens (tertiary/aromatic N) is 1. The first-order valence-corrected chi connectivity index (χ1v) is 9.64. The highest BCUT2D eigenvalue weighted by Crippen LogP contribution is 2.46.